The highest BCUT2D eigenvalue weighted by molar-refractivity contribution is 7.96. The van der Waals surface area contributed by atoms with Gasteiger partial charge in [-0.05, 0) is 61.5 Å². The standard InChI is InChI=1S/C18H13Cl2NO5S2/c1-12(22)18(28(25,26)16-8-4-14(20)5-9-16)10-17(11-21)27(23,24)15-6-2-13(19)3-7-15/h2-10,18H,1H3/b17-10+/t18-/m0/s1. The number of hydrogen-bond acceptors (Lipinski definition) is 6. The maximum Gasteiger partial charge on any atom is 0.216 e. The normalized spacial score (nSPS) is 13.6. The van der Waals surface area contributed by atoms with E-state index in [9.17, 15) is 26.9 Å². The van der Waals surface area contributed by atoms with Crippen molar-refractivity contribution in [2.24, 2.45) is 0 Å². The van der Waals surface area contributed by atoms with Crippen molar-refractivity contribution in [2.45, 2.75) is 22.0 Å². The molecule has 2 aromatic rings. The number of allylic oxidation sites excluding steroid dienone is 1. The van der Waals surface area contributed by atoms with Gasteiger partial charge in [-0.1, -0.05) is 23.2 Å². The van der Waals surface area contributed by atoms with Crippen LogP contribution >= 0.6 is 23.2 Å². The second kappa shape index (κ2) is 8.45. The molecular weight excluding hydrogens is 445 g/mol. The fourth-order valence-corrected chi connectivity index (χ4v) is 5.34. The van der Waals surface area contributed by atoms with E-state index < -0.39 is 35.6 Å². The lowest BCUT2D eigenvalue weighted by Gasteiger charge is -2.12. The molecular formula is C18H13Cl2NO5S2. The smallest absolute Gasteiger partial charge is 0.216 e. The number of hydrogen-bond donors (Lipinski definition) is 0. The van der Waals surface area contributed by atoms with Crippen LogP contribution in [0.2, 0.25) is 10.0 Å². The summed E-state index contributed by atoms with van der Waals surface area (Å²) >= 11 is 11.5. The highest BCUT2D eigenvalue weighted by Gasteiger charge is 2.33. The molecule has 0 bridgehead atoms. The molecule has 2 aromatic carbocycles. The van der Waals surface area contributed by atoms with E-state index in [4.69, 9.17) is 23.2 Å². The molecule has 146 valence electrons. The molecule has 0 aliphatic carbocycles. The van der Waals surface area contributed by atoms with Gasteiger partial charge in [-0.3, -0.25) is 4.79 Å². The van der Waals surface area contributed by atoms with Crippen molar-refractivity contribution in [3.05, 3.63) is 69.6 Å². The summed E-state index contributed by atoms with van der Waals surface area (Å²) in [6.45, 7) is 0.999. The topological polar surface area (TPSA) is 109 Å². The monoisotopic (exact) mass is 457 g/mol. The van der Waals surface area contributed by atoms with Crippen LogP contribution in [0.25, 0.3) is 0 Å². The number of carbonyl (C=O) groups is 1. The van der Waals surface area contributed by atoms with Crippen LogP contribution in [0.5, 0.6) is 0 Å². The molecule has 1 atom stereocenters. The van der Waals surface area contributed by atoms with Crippen LogP contribution in [0.3, 0.4) is 0 Å². The lowest BCUT2D eigenvalue weighted by atomic mass is 10.3. The first-order valence-electron chi connectivity index (χ1n) is 7.62. The van der Waals surface area contributed by atoms with Gasteiger partial charge >= 0.3 is 0 Å². The molecule has 28 heavy (non-hydrogen) atoms. The van der Waals surface area contributed by atoms with Crippen LogP contribution in [-0.4, -0.2) is 27.9 Å². The summed E-state index contributed by atoms with van der Waals surface area (Å²) in [5.74, 6) is -0.839. The van der Waals surface area contributed by atoms with Crippen LogP contribution in [0.4, 0.5) is 0 Å². The summed E-state index contributed by atoms with van der Waals surface area (Å²) in [5.41, 5.74) is 0. The van der Waals surface area contributed by atoms with E-state index in [-0.39, 0.29) is 19.8 Å². The molecule has 0 aromatic heterocycles. The molecule has 0 heterocycles. The van der Waals surface area contributed by atoms with Crippen molar-refractivity contribution in [2.75, 3.05) is 0 Å². The van der Waals surface area contributed by atoms with Crippen molar-refractivity contribution < 1.29 is 21.6 Å². The Morgan fingerprint density at radius 3 is 1.75 bits per heavy atom. The van der Waals surface area contributed by atoms with Crippen LogP contribution in [0.1, 0.15) is 6.92 Å². The number of Topliss-reactive ketones (excluding diaryl/α,β-unsaturated/α-hetero) is 1. The first kappa shape index (κ1) is 22.1. The Labute approximate surface area is 172 Å². The number of carbonyl (C=O) groups excluding carboxylic acids is 1. The number of ketones is 1. The van der Waals surface area contributed by atoms with E-state index in [0.717, 1.165) is 6.92 Å². The Hall–Kier alpha value is -2.18. The van der Waals surface area contributed by atoms with Crippen LogP contribution in [0.15, 0.2) is 69.3 Å². The first-order valence-corrected chi connectivity index (χ1v) is 11.4. The molecule has 0 spiro atoms. The summed E-state index contributed by atoms with van der Waals surface area (Å²) in [5, 5.41) is 8.05. The number of halogens is 2. The minimum Gasteiger partial charge on any atom is -0.298 e. The van der Waals surface area contributed by atoms with Crippen molar-refractivity contribution >= 4 is 48.7 Å². The third kappa shape index (κ3) is 4.62. The van der Waals surface area contributed by atoms with Gasteiger partial charge in [-0.25, -0.2) is 16.8 Å². The zero-order valence-electron chi connectivity index (χ0n) is 14.3. The Balaban J connectivity index is 2.60. The van der Waals surface area contributed by atoms with Crippen molar-refractivity contribution in [3.63, 3.8) is 0 Å². The minimum absolute atomic E-state index is 0.227. The number of sulfone groups is 2. The SMILES string of the molecule is CC(=O)[C@H](/C=C(\C#N)S(=O)(=O)c1ccc(Cl)cc1)S(=O)(=O)c1ccc(Cl)cc1. The highest BCUT2D eigenvalue weighted by Crippen LogP contribution is 2.25. The number of nitrogens with zero attached hydrogens (tertiary/aromatic N) is 1. The molecule has 0 saturated heterocycles. The van der Waals surface area contributed by atoms with Crippen LogP contribution < -0.4 is 0 Å². The predicted molar refractivity (Wildman–Crippen MR) is 105 cm³/mol. The maximum absolute atomic E-state index is 12.8. The summed E-state index contributed by atoms with van der Waals surface area (Å²) in [6.07, 6.45) is 0.649. The van der Waals surface area contributed by atoms with E-state index in [1.54, 1.807) is 0 Å². The fourth-order valence-electron chi connectivity index (χ4n) is 2.26. The third-order valence-corrected chi connectivity index (χ3v) is 7.97. The molecule has 0 N–H and O–H groups in total. The summed E-state index contributed by atoms with van der Waals surface area (Å²) in [6, 6.07) is 11.5. The van der Waals surface area contributed by atoms with Gasteiger partial charge in [0.25, 0.3) is 0 Å². The zero-order chi connectivity index (χ0) is 21.1. The molecule has 0 radical (unpaired) electrons. The molecule has 0 amide bonds. The number of nitriles is 1. The summed E-state index contributed by atoms with van der Waals surface area (Å²) < 4.78 is 51.0. The number of benzene rings is 2. The third-order valence-electron chi connectivity index (χ3n) is 3.70. The molecule has 0 saturated carbocycles. The van der Waals surface area contributed by atoms with Gasteiger partial charge in [0.05, 0.1) is 9.79 Å². The van der Waals surface area contributed by atoms with Gasteiger partial charge in [0.15, 0.2) is 15.6 Å². The lowest BCUT2D eigenvalue weighted by Crippen LogP contribution is -2.27. The zero-order valence-corrected chi connectivity index (χ0v) is 17.5. The van der Waals surface area contributed by atoms with Gasteiger partial charge < -0.3 is 0 Å². The van der Waals surface area contributed by atoms with Crippen LogP contribution in [-0.2, 0) is 24.5 Å². The largest absolute Gasteiger partial charge is 0.298 e. The highest BCUT2D eigenvalue weighted by atomic mass is 35.5. The van der Waals surface area contributed by atoms with E-state index in [0.29, 0.717) is 6.08 Å². The van der Waals surface area contributed by atoms with Crippen molar-refractivity contribution in [1.29, 1.82) is 5.26 Å². The van der Waals surface area contributed by atoms with Gasteiger partial charge in [0.1, 0.15) is 16.2 Å². The molecule has 0 aliphatic heterocycles. The lowest BCUT2D eigenvalue weighted by molar-refractivity contribution is -0.115. The van der Waals surface area contributed by atoms with Crippen LogP contribution in [0, 0.1) is 11.3 Å². The molecule has 6 nitrogen and oxygen atoms in total. The first-order chi connectivity index (χ1) is 13.0. The van der Waals surface area contributed by atoms with Gasteiger partial charge in [-0.2, -0.15) is 5.26 Å². The maximum atomic E-state index is 12.8. The second-order valence-electron chi connectivity index (χ2n) is 5.63. The van der Waals surface area contributed by atoms with E-state index in [1.807, 2.05) is 0 Å². The predicted octanol–water partition coefficient (Wildman–Crippen LogP) is 3.61. The fraction of sp³-hybridized carbons (Fsp3) is 0.111. The molecule has 0 unspecified atom stereocenters. The second-order valence-corrected chi connectivity index (χ2v) is 10.5. The Morgan fingerprint density at radius 2 is 1.36 bits per heavy atom. The summed E-state index contributed by atoms with van der Waals surface area (Å²) in [4.78, 5) is 10.7. The quantitative estimate of drug-likeness (QED) is 0.612. The molecule has 0 aliphatic rings. The van der Waals surface area contributed by atoms with Crippen molar-refractivity contribution in [3.8, 4) is 6.07 Å². The molecule has 10 heteroatoms. The molecule has 0 fully saturated rings. The van der Waals surface area contributed by atoms with Gasteiger partial charge in [-0.15, -0.1) is 0 Å². The van der Waals surface area contributed by atoms with Crippen molar-refractivity contribution in [1.82, 2.24) is 0 Å². The van der Waals surface area contributed by atoms with Gasteiger partial charge in [0.2, 0.25) is 9.84 Å². The minimum atomic E-state index is -4.34. The van der Waals surface area contributed by atoms with E-state index >= 15 is 0 Å². The Bertz CT molecular complexity index is 1180. The Morgan fingerprint density at radius 1 is 0.929 bits per heavy atom. The van der Waals surface area contributed by atoms with E-state index in [2.05, 4.69) is 0 Å². The van der Waals surface area contributed by atoms with E-state index in [1.165, 1.54) is 54.6 Å². The summed E-state index contributed by atoms with van der Waals surface area (Å²) in [7, 11) is -8.63. The average Bonchev–Trinajstić information content (AvgIpc) is 2.62. The Kier molecular flexibility index (Phi) is 6.67. The number of rotatable bonds is 6. The van der Waals surface area contributed by atoms with Gasteiger partial charge in [0, 0.05) is 10.0 Å². The average molecular weight is 458 g/mol. The molecule has 2 rings (SSSR count).